The lowest BCUT2D eigenvalue weighted by molar-refractivity contribution is 0.0197. The van der Waals surface area contributed by atoms with Gasteiger partial charge in [-0.3, -0.25) is 0 Å². The lowest BCUT2D eigenvalue weighted by Crippen LogP contribution is -2.26. The van der Waals surface area contributed by atoms with Gasteiger partial charge in [-0.15, -0.1) is 0 Å². The number of hydrogen-bond acceptors (Lipinski definition) is 1. The average molecular weight is 149 g/mol. The Morgan fingerprint density at radius 3 is 2.30 bits per heavy atom. The fourth-order valence-corrected chi connectivity index (χ4v) is 1.22. The van der Waals surface area contributed by atoms with E-state index >= 15 is 0 Å². The van der Waals surface area contributed by atoms with Crippen molar-refractivity contribution in [2.75, 3.05) is 6.54 Å². The van der Waals surface area contributed by atoms with Crippen molar-refractivity contribution >= 4 is 0 Å². The molecular weight excluding hydrogens is 136 g/mol. The third-order valence-electron chi connectivity index (χ3n) is 1.95. The first-order valence-electron chi connectivity index (χ1n) is 3.62. The molecule has 0 aromatic carbocycles. The molecule has 3 heteroatoms. The lowest BCUT2D eigenvalue weighted by Gasteiger charge is -2.13. The van der Waals surface area contributed by atoms with E-state index in [1.807, 2.05) is 13.8 Å². The smallest absolute Gasteiger partial charge is 0.261 e. The molecule has 60 valence electrons. The van der Waals surface area contributed by atoms with Crippen molar-refractivity contribution in [2.45, 2.75) is 32.2 Å². The van der Waals surface area contributed by atoms with Crippen LogP contribution in [0.5, 0.6) is 0 Å². The van der Waals surface area contributed by atoms with Crippen LogP contribution in [-0.2, 0) is 0 Å². The van der Waals surface area contributed by atoms with Gasteiger partial charge in [-0.25, -0.2) is 8.78 Å². The maximum atomic E-state index is 12.5. The van der Waals surface area contributed by atoms with Crippen LogP contribution >= 0.6 is 0 Å². The number of hydrogen-bond donors (Lipinski definition) is 1. The summed E-state index contributed by atoms with van der Waals surface area (Å²) in [6.07, 6.45) is 0.00463. The van der Waals surface area contributed by atoms with Crippen LogP contribution in [0.15, 0.2) is 0 Å². The quantitative estimate of drug-likeness (QED) is 0.597. The number of alkyl halides is 2. The normalized spacial score (nSPS) is 31.5. The van der Waals surface area contributed by atoms with Crippen molar-refractivity contribution in [3.63, 3.8) is 0 Å². The Morgan fingerprint density at radius 1 is 1.50 bits per heavy atom. The summed E-state index contributed by atoms with van der Waals surface area (Å²) in [6.45, 7) is 3.77. The van der Waals surface area contributed by atoms with Gasteiger partial charge in [-0.05, 0) is 5.92 Å². The molecule has 0 radical (unpaired) electrons. The zero-order valence-corrected chi connectivity index (χ0v) is 6.32. The van der Waals surface area contributed by atoms with Crippen molar-refractivity contribution in [2.24, 2.45) is 5.92 Å². The molecule has 0 spiro atoms. The first kappa shape index (κ1) is 7.92. The summed E-state index contributed by atoms with van der Waals surface area (Å²) in [7, 11) is 0. The Bertz CT molecular complexity index is 123. The standard InChI is InChI=1S/C7H13F2N/c1-5(2)6-3-7(8,9)4-10-6/h5-6,10H,3-4H2,1-2H3/t6-/m1/s1. The molecule has 0 aromatic heterocycles. The number of nitrogens with one attached hydrogen (secondary N) is 1. The molecule has 1 aliphatic rings. The molecule has 1 N–H and O–H groups in total. The van der Waals surface area contributed by atoms with Gasteiger partial charge in [0, 0.05) is 12.5 Å². The zero-order chi connectivity index (χ0) is 7.78. The van der Waals surface area contributed by atoms with Crippen LogP contribution in [0.4, 0.5) is 8.78 Å². The van der Waals surface area contributed by atoms with E-state index in [2.05, 4.69) is 5.32 Å². The van der Waals surface area contributed by atoms with Gasteiger partial charge in [0.05, 0.1) is 6.54 Å². The maximum absolute atomic E-state index is 12.5. The molecule has 1 saturated heterocycles. The molecule has 0 aromatic rings. The topological polar surface area (TPSA) is 12.0 Å². The highest BCUT2D eigenvalue weighted by Crippen LogP contribution is 2.28. The van der Waals surface area contributed by atoms with E-state index in [1.54, 1.807) is 0 Å². The van der Waals surface area contributed by atoms with Gasteiger partial charge in [0.2, 0.25) is 0 Å². The van der Waals surface area contributed by atoms with E-state index in [1.165, 1.54) is 0 Å². The molecule has 1 nitrogen and oxygen atoms in total. The second-order valence-electron chi connectivity index (χ2n) is 3.29. The van der Waals surface area contributed by atoms with Crippen LogP contribution in [0.3, 0.4) is 0 Å². The van der Waals surface area contributed by atoms with Crippen molar-refractivity contribution in [1.82, 2.24) is 5.32 Å². The molecule has 10 heavy (non-hydrogen) atoms. The lowest BCUT2D eigenvalue weighted by atomic mass is 10.0. The summed E-state index contributed by atoms with van der Waals surface area (Å²) in [5, 5.41) is 2.80. The van der Waals surface area contributed by atoms with Crippen molar-refractivity contribution in [1.29, 1.82) is 0 Å². The van der Waals surface area contributed by atoms with Gasteiger partial charge in [-0.1, -0.05) is 13.8 Å². The van der Waals surface area contributed by atoms with Gasteiger partial charge in [-0.2, -0.15) is 0 Å². The first-order chi connectivity index (χ1) is 4.51. The SMILES string of the molecule is CC(C)[C@H]1CC(F)(F)CN1. The van der Waals surface area contributed by atoms with Crippen LogP contribution in [0.1, 0.15) is 20.3 Å². The van der Waals surface area contributed by atoms with E-state index in [9.17, 15) is 8.78 Å². The van der Waals surface area contributed by atoms with Crippen molar-refractivity contribution in [3.8, 4) is 0 Å². The number of halogens is 2. The number of rotatable bonds is 1. The summed E-state index contributed by atoms with van der Waals surface area (Å²) >= 11 is 0. The highest BCUT2D eigenvalue weighted by molar-refractivity contribution is 4.88. The van der Waals surface area contributed by atoms with E-state index in [0.717, 1.165) is 0 Å². The van der Waals surface area contributed by atoms with E-state index < -0.39 is 5.92 Å². The van der Waals surface area contributed by atoms with Crippen LogP contribution in [0, 0.1) is 5.92 Å². The van der Waals surface area contributed by atoms with Crippen LogP contribution in [0.25, 0.3) is 0 Å². The molecule has 0 aliphatic carbocycles. The zero-order valence-electron chi connectivity index (χ0n) is 6.32. The van der Waals surface area contributed by atoms with Crippen molar-refractivity contribution in [3.05, 3.63) is 0 Å². The van der Waals surface area contributed by atoms with Crippen molar-refractivity contribution < 1.29 is 8.78 Å². The second-order valence-corrected chi connectivity index (χ2v) is 3.29. The molecule has 0 amide bonds. The molecule has 1 fully saturated rings. The minimum atomic E-state index is -2.46. The summed E-state index contributed by atoms with van der Waals surface area (Å²) in [4.78, 5) is 0. The monoisotopic (exact) mass is 149 g/mol. The van der Waals surface area contributed by atoms with E-state index in [0.29, 0.717) is 5.92 Å². The predicted octanol–water partition coefficient (Wildman–Crippen LogP) is 1.64. The molecule has 1 heterocycles. The molecule has 0 unspecified atom stereocenters. The Morgan fingerprint density at radius 2 is 2.10 bits per heavy atom. The van der Waals surface area contributed by atoms with Crippen LogP contribution < -0.4 is 5.32 Å². The Balaban J connectivity index is 2.43. The van der Waals surface area contributed by atoms with E-state index in [4.69, 9.17) is 0 Å². The highest BCUT2D eigenvalue weighted by atomic mass is 19.3. The molecule has 0 saturated carbocycles. The Kier molecular flexibility index (Phi) is 1.95. The van der Waals surface area contributed by atoms with Gasteiger partial charge in [0.25, 0.3) is 5.92 Å². The summed E-state index contributed by atoms with van der Waals surface area (Å²) in [6, 6.07) is 0.00926. The van der Waals surface area contributed by atoms with Gasteiger partial charge in [0.1, 0.15) is 0 Å². The minimum Gasteiger partial charge on any atom is -0.308 e. The summed E-state index contributed by atoms with van der Waals surface area (Å²) in [5.41, 5.74) is 0. The van der Waals surface area contributed by atoms with Gasteiger partial charge in [0.15, 0.2) is 0 Å². The third kappa shape index (κ3) is 1.66. The third-order valence-corrected chi connectivity index (χ3v) is 1.95. The van der Waals surface area contributed by atoms with Gasteiger partial charge < -0.3 is 5.32 Å². The first-order valence-corrected chi connectivity index (χ1v) is 3.62. The molecule has 1 atom stereocenters. The fourth-order valence-electron chi connectivity index (χ4n) is 1.22. The van der Waals surface area contributed by atoms with Gasteiger partial charge >= 0.3 is 0 Å². The largest absolute Gasteiger partial charge is 0.308 e. The average Bonchev–Trinajstić information content (AvgIpc) is 2.10. The molecule has 1 rings (SSSR count). The Hall–Kier alpha value is -0.180. The predicted molar refractivity (Wildman–Crippen MR) is 36.2 cm³/mol. The van der Waals surface area contributed by atoms with E-state index in [-0.39, 0.29) is 19.0 Å². The molecule has 0 bridgehead atoms. The summed E-state index contributed by atoms with van der Waals surface area (Å²) in [5.74, 6) is -2.15. The second kappa shape index (κ2) is 2.46. The van der Waals surface area contributed by atoms with Crippen LogP contribution in [0.2, 0.25) is 0 Å². The Labute approximate surface area is 59.8 Å². The van der Waals surface area contributed by atoms with Crippen LogP contribution in [-0.4, -0.2) is 18.5 Å². The molecular formula is C7H13F2N. The molecule has 1 aliphatic heterocycles. The maximum Gasteiger partial charge on any atom is 0.261 e. The fraction of sp³-hybridized carbons (Fsp3) is 1.00. The minimum absolute atomic E-state index is 0.00463. The highest BCUT2D eigenvalue weighted by Gasteiger charge is 2.39. The summed E-state index contributed by atoms with van der Waals surface area (Å²) < 4.78 is 25.0.